The van der Waals surface area contributed by atoms with Gasteiger partial charge in [0.1, 0.15) is 6.54 Å². The normalized spacial score (nSPS) is 15.0. The number of fused-ring (bicyclic) bond motifs is 4. The second kappa shape index (κ2) is 12.9. The Hall–Kier alpha value is -3.40. The average Bonchev–Trinajstić information content (AvgIpc) is 3.48. The van der Waals surface area contributed by atoms with Gasteiger partial charge in [-0.05, 0) is 53.8 Å². The molecule has 232 valence electrons. The Kier molecular flexibility index (Phi) is 9.39. The Labute approximate surface area is 264 Å². The molecule has 1 amide bonds. The molecule has 1 aliphatic rings. The third-order valence-corrected chi connectivity index (χ3v) is 9.95. The summed E-state index contributed by atoms with van der Waals surface area (Å²) in [6.45, 7) is 1.90. The van der Waals surface area contributed by atoms with Gasteiger partial charge >= 0.3 is 16.2 Å². The van der Waals surface area contributed by atoms with E-state index in [1.807, 2.05) is 70.8 Å². The van der Waals surface area contributed by atoms with Gasteiger partial charge in [0, 0.05) is 16.3 Å². The zero-order valence-electron chi connectivity index (χ0n) is 23.7. The van der Waals surface area contributed by atoms with Gasteiger partial charge in [-0.25, -0.2) is 4.72 Å². The van der Waals surface area contributed by atoms with E-state index in [1.165, 1.54) is 11.8 Å². The van der Waals surface area contributed by atoms with E-state index < -0.39 is 32.1 Å². The van der Waals surface area contributed by atoms with Crippen molar-refractivity contribution < 1.29 is 39.4 Å². The van der Waals surface area contributed by atoms with Gasteiger partial charge in [-0.15, -0.1) is 0 Å². The molecule has 5 rings (SSSR count). The Balaban J connectivity index is 1.57. The van der Waals surface area contributed by atoms with Crippen LogP contribution < -0.4 is 14.2 Å². The molecule has 0 aliphatic carbocycles. The van der Waals surface area contributed by atoms with Crippen LogP contribution in [0, 0.1) is 0 Å². The fourth-order valence-electron chi connectivity index (χ4n) is 4.87. The molecule has 44 heavy (non-hydrogen) atoms. The number of rotatable bonds is 11. The molecule has 0 saturated carbocycles. The first kappa shape index (κ1) is 32.0. The average molecular weight is 679 g/mol. The maximum atomic E-state index is 12.7. The number of carbonyl (C=O) groups excluding carboxylic acids is 1. The van der Waals surface area contributed by atoms with E-state index in [0.29, 0.717) is 33.6 Å². The zero-order valence-corrected chi connectivity index (χ0v) is 26.9. The highest BCUT2D eigenvalue weighted by Crippen LogP contribution is 2.47. The predicted molar refractivity (Wildman–Crippen MR) is 170 cm³/mol. The molecule has 11 nitrogen and oxygen atoms in total. The van der Waals surface area contributed by atoms with E-state index >= 15 is 0 Å². The van der Waals surface area contributed by atoms with Gasteiger partial charge in [-0.2, -0.15) is 21.4 Å². The molecule has 15 heteroatoms. The molecule has 1 aromatic heterocycles. The number of aromatic nitrogens is 1. The number of nitrogens with zero attached hydrogens (tertiary/aromatic N) is 2. The lowest BCUT2D eigenvalue weighted by Crippen LogP contribution is -2.39. The number of halogens is 1. The first-order valence-electron chi connectivity index (χ1n) is 13.4. The third-order valence-electron chi connectivity index (χ3n) is 6.88. The molecule has 3 aromatic carbocycles. The molecular weight excluding hydrogens is 650 g/mol. The lowest BCUT2D eigenvalue weighted by molar-refractivity contribution is -0.677. The Morgan fingerprint density at radius 2 is 1.93 bits per heavy atom. The van der Waals surface area contributed by atoms with Crippen molar-refractivity contribution in [1.29, 1.82) is 0 Å². The summed E-state index contributed by atoms with van der Waals surface area (Å²) in [5.41, 5.74) is 2.86. The maximum absolute atomic E-state index is 12.7. The lowest BCUT2D eigenvalue weighted by Gasteiger charge is -2.20. The van der Waals surface area contributed by atoms with Crippen LogP contribution in [0.25, 0.3) is 27.9 Å². The van der Waals surface area contributed by atoms with Crippen LogP contribution in [0.1, 0.15) is 25.7 Å². The largest absolute Gasteiger partial charge is 0.398 e. The molecule has 0 bridgehead atoms. The van der Waals surface area contributed by atoms with Crippen LogP contribution >= 0.6 is 23.4 Å². The Morgan fingerprint density at radius 1 is 1.16 bits per heavy atom. The summed E-state index contributed by atoms with van der Waals surface area (Å²) in [6, 6.07) is 16.9. The summed E-state index contributed by atoms with van der Waals surface area (Å²) in [4.78, 5) is 15.2. The van der Waals surface area contributed by atoms with Crippen LogP contribution in [0.15, 0.2) is 80.6 Å². The molecule has 2 N–H and O–H groups in total. The maximum Gasteiger partial charge on any atom is 0.374 e. The molecule has 0 radical (unpaired) electrons. The SMILES string of the molecule is CCC(=Cc1oc2ccc3ccccc3c2[n+]1CCCS(=O)(=O)O)C=C1Sc2ccc(Cl)cc2N1CC(=O)NS(=O)(=O)OC. The zero-order chi connectivity index (χ0) is 31.6. The quantitative estimate of drug-likeness (QED) is 0.163. The van der Waals surface area contributed by atoms with Crippen LogP contribution in [0.2, 0.25) is 5.02 Å². The van der Waals surface area contributed by atoms with Crippen molar-refractivity contribution in [1.82, 2.24) is 4.72 Å². The molecule has 0 unspecified atom stereocenters. The van der Waals surface area contributed by atoms with Crippen LogP contribution in [0.3, 0.4) is 0 Å². The first-order valence-corrected chi connectivity index (χ1v) is 17.7. The summed E-state index contributed by atoms with van der Waals surface area (Å²) >= 11 is 7.65. The fraction of sp³-hybridized carbons (Fsp3) is 0.241. The highest BCUT2D eigenvalue weighted by molar-refractivity contribution is 8.03. The summed E-state index contributed by atoms with van der Waals surface area (Å²) < 4.78 is 70.4. The minimum atomic E-state index is -4.24. The topological polar surface area (TPSA) is 147 Å². The summed E-state index contributed by atoms with van der Waals surface area (Å²) in [5, 5.41) is 3.02. The van der Waals surface area contributed by atoms with E-state index in [2.05, 4.69) is 4.18 Å². The van der Waals surface area contributed by atoms with Crippen LogP contribution in [-0.2, 0) is 35.9 Å². The number of hydrogen-bond donors (Lipinski definition) is 2. The number of benzene rings is 3. The number of carbonyl (C=O) groups is 1. The summed E-state index contributed by atoms with van der Waals surface area (Å²) in [5.74, 6) is -0.730. The second-order valence-corrected chi connectivity index (χ2v) is 14.4. The van der Waals surface area contributed by atoms with Gasteiger partial charge in [-0.1, -0.05) is 54.6 Å². The number of nitrogens with one attached hydrogen (secondary N) is 1. The molecular formula is C29H29ClN3O8S3+. The van der Waals surface area contributed by atoms with Crippen LogP contribution in [0.4, 0.5) is 5.69 Å². The van der Waals surface area contributed by atoms with E-state index in [9.17, 15) is 26.2 Å². The van der Waals surface area contributed by atoms with E-state index in [4.69, 9.17) is 16.0 Å². The molecule has 0 atom stereocenters. The Morgan fingerprint density at radius 3 is 2.66 bits per heavy atom. The minimum Gasteiger partial charge on any atom is -0.398 e. The van der Waals surface area contributed by atoms with E-state index in [-0.39, 0.29) is 19.5 Å². The first-order chi connectivity index (χ1) is 20.9. The smallest absolute Gasteiger partial charge is 0.374 e. The molecule has 0 spiro atoms. The highest BCUT2D eigenvalue weighted by atomic mass is 35.5. The Bertz CT molecular complexity index is 2040. The van der Waals surface area contributed by atoms with Crippen molar-refractivity contribution in [3.63, 3.8) is 0 Å². The van der Waals surface area contributed by atoms with Crippen LogP contribution in [0.5, 0.6) is 0 Å². The number of anilines is 1. The number of aryl methyl sites for hydroxylation is 1. The van der Waals surface area contributed by atoms with Gasteiger partial charge in [-0.3, -0.25) is 13.5 Å². The highest BCUT2D eigenvalue weighted by Gasteiger charge is 2.29. The van der Waals surface area contributed by atoms with Crippen molar-refractivity contribution >= 4 is 83.3 Å². The molecule has 0 fully saturated rings. The molecule has 2 heterocycles. The van der Waals surface area contributed by atoms with Crippen molar-refractivity contribution in [3.8, 4) is 0 Å². The summed E-state index contributed by atoms with van der Waals surface area (Å²) in [6.07, 6.45) is 4.44. The van der Waals surface area contributed by atoms with Crippen molar-refractivity contribution in [2.75, 3.05) is 24.3 Å². The second-order valence-electron chi connectivity index (χ2n) is 9.87. The summed E-state index contributed by atoms with van der Waals surface area (Å²) in [7, 11) is -7.44. The predicted octanol–water partition coefficient (Wildman–Crippen LogP) is 5.06. The monoisotopic (exact) mass is 678 g/mol. The number of hydrogen-bond acceptors (Lipinski definition) is 9. The minimum absolute atomic E-state index is 0.157. The molecule has 0 saturated heterocycles. The van der Waals surface area contributed by atoms with Gasteiger partial charge in [0.15, 0.2) is 6.54 Å². The number of thioether (sulfide) groups is 1. The van der Waals surface area contributed by atoms with Crippen LogP contribution in [-0.4, -0.2) is 46.7 Å². The van der Waals surface area contributed by atoms with Gasteiger partial charge in [0.2, 0.25) is 5.58 Å². The van der Waals surface area contributed by atoms with E-state index in [1.54, 1.807) is 17.0 Å². The third kappa shape index (κ3) is 7.28. The number of amides is 1. The molecule has 4 aromatic rings. The van der Waals surface area contributed by atoms with Gasteiger partial charge < -0.3 is 9.32 Å². The number of allylic oxidation sites excluding steroid dienone is 2. The van der Waals surface area contributed by atoms with Crippen molar-refractivity contribution in [3.05, 3.63) is 82.2 Å². The van der Waals surface area contributed by atoms with Crippen molar-refractivity contribution in [2.24, 2.45) is 0 Å². The van der Waals surface area contributed by atoms with Gasteiger partial charge in [0.25, 0.3) is 21.5 Å². The van der Waals surface area contributed by atoms with Crippen molar-refractivity contribution in [2.45, 2.75) is 31.2 Å². The fourth-order valence-corrected chi connectivity index (χ4v) is 7.08. The standard InChI is InChI=1S/C29H28ClN3O8S3/c1-3-19(16-28-33(18-26(34)31-44(38,39)40-2)23-17-21(30)10-12-25(23)42-28)15-27-32(13-6-14-43(35,36)37)29-22-8-5-4-7-20(22)9-11-24(29)41-27/h4-5,7-12,15-17H,3,6,13-14,18H2,1-2H3,(H-,31,34,35,36,37)/p+1. The number of oxazole rings is 1. The lowest BCUT2D eigenvalue weighted by atomic mass is 10.1. The molecule has 1 aliphatic heterocycles. The van der Waals surface area contributed by atoms with E-state index in [0.717, 1.165) is 33.9 Å². The van der Waals surface area contributed by atoms with Gasteiger partial charge in [0.05, 0.1) is 35.0 Å².